The van der Waals surface area contributed by atoms with Crippen molar-refractivity contribution in [1.29, 1.82) is 0 Å². The minimum atomic E-state index is -0.606. The number of aliphatic hydroxyl groups excluding tert-OH is 1. The van der Waals surface area contributed by atoms with Crippen LogP contribution in [-0.2, 0) is 0 Å². The van der Waals surface area contributed by atoms with E-state index in [-0.39, 0.29) is 0 Å². The van der Waals surface area contributed by atoms with Crippen molar-refractivity contribution >= 4 is 27.5 Å². The first-order valence-electron chi connectivity index (χ1n) is 4.86. The van der Waals surface area contributed by atoms with E-state index in [9.17, 15) is 5.11 Å². The molecule has 0 saturated heterocycles. The Morgan fingerprint density at radius 3 is 1.81 bits per heavy atom. The van der Waals surface area contributed by atoms with Crippen LogP contribution in [0, 0.1) is 0 Å². The molecule has 1 nitrogen and oxygen atoms in total. The maximum atomic E-state index is 10.1. The van der Waals surface area contributed by atoms with Gasteiger partial charge < -0.3 is 5.11 Å². The fourth-order valence-electron chi connectivity index (χ4n) is 1.48. The van der Waals surface area contributed by atoms with Crippen LogP contribution >= 0.6 is 27.5 Å². The first-order valence-corrected chi connectivity index (χ1v) is 6.03. The molecule has 3 heteroatoms. The summed E-state index contributed by atoms with van der Waals surface area (Å²) in [6.07, 6.45) is -0.606. The Labute approximate surface area is 108 Å². The van der Waals surface area contributed by atoms with Crippen LogP contribution in [0.3, 0.4) is 0 Å². The van der Waals surface area contributed by atoms with Gasteiger partial charge in [-0.05, 0) is 35.4 Å². The number of rotatable bonds is 2. The Hall–Kier alpha value is -0.830. The van der Waals surface area contributed by atoms with Crippen LogP contribution in [0.5, 0.6) is 0 Å². The second kappa shape index (κ2) is 5.00. The molecule has 0 amide bonds. The summed E-state index contributed by atoms with van der Waals surface area (Å²) < 4.78 is 1.000. The van der Waals surface area contributed by atoms with Crippen LogP contribution in [0.2, 0.25) is 5.02 Å². The summed E-state index contributed by atoms with van der Waals surface area (Å²) in [6, 6.07) is 14.8. The van der Waals surface area contributed by atoms with Gasteiger partial charge in [0.25, 0.3) is 0 Å². The fourth-order valence-corrected chi connectivity index (χ4v) is 1.87. The van der Waals surface area contributed by atoms with Gasteiger partial charge in [0.2, 0.25) is 0 Å². The van der Waals surface area contributed by atoms with E-state index >= 15 is 0 Å². The van der Waals surface area contributed by atoms with Crippen LogP contribution in [0.4, 0.5) is 0 Å². The molecule has 82 valence electrons. The van der Waals surface area contributed by atoms with Gasteiger partial charge in [-0.2, -0.15) is 0 Å². The SMILES string of the molecule is OC(c1ccc(Cl)cc1)c1ccc(Br)cc1. The van der Waals surface area contributed by atoms with Gasteiger partial charge in [-0.15, -0.1) is 0 Å². The Morgan fingerprint density at radius 2 is 1.31 bits per heavy atom. The summed E-state index contributed by atoms with van der Waals surface area (Å²) in [5.74, 6) is 0. The summed E-state index contributed by atoms with van der Waals surface area (Å²) in [4.78, 5) is 0. The van der Waals surface area contributed by atoms with E-state index in [1.54, 1.807) is 12.1 Å². The van der Waals surface area contributed by atoms with Crippen molar-refractivity contribution in [1.82, 2.24) is 0 Å². The third kappa shape index (κ3) is 2.64. The van der Waals surface area contributed by atoms with Crippen molar-refractivity contribution in [3.63, 3.8) is 0 Å². The number of aliphatic hydroxyl groups is 1. The van der Waals surface area contributed by atoms with Crippen LogP contribution in [0.1, 0.15) is 17.2 Å². The summed E-state index contributed by atoms with van der Waals surface area (Å²) in [7, 11) is 0. The van der Waals surface area contributed by atoms with Crippen molar-refractivity contribution in [3.8, 4) is 0 Å². The third-order valence-corrected chi connectivity index (χ3v) is 3.15. The van der Waals surface area contributed by atoms with Crippen molar-refractivity contribution in [2.45, 2.75) is 6.10 Å². The average molecular weight is 298 g/mol. The van der Waals surface area contributed by atoms with Gasteiger partial charge in [0.1, 0.15) is 6.10 Å². The quantitative estimate of drug-likeness (QED) is 0.881. The van der Waals surface area contributed by atoms with E-state index < -0.39 is 6.10 Å². The largest absolute Gasteiger partial charge is 0.384 e. The van der Waals surface area contributed by atoms with E-state index in [0.717, 1.165) is 15.6 Å². The van der Waals surface area contributed by atoms with Crippen LogP contribution in [0.15, 0.2) is 53.0 Å². The van der Waals surface area contributed by atoms with Gasteiger partial charge in [0.05, 0.1) is 0 Å². The molecule has 0 bridgehead atoms. The Bertz CT molecular complexity index is 419. The number of hydrogen-bond acceptors (Lipinski definition) is 1. The molecule has 0 aromatic heterocycles. The minimum Gasteiger partial charge on any atom is -0.384 e. The maximum absolute atomic E-state index is 10.1. The zero-order valence-electron chi connectivity index (χ0n) is 8.40. The Balaban J connectivity index is 2.28. The number of halogens is 2. The van der Waals surface area contributed by atoms with Gasteiger partial charge >= 0.3 is 0 Å². The van der Waals surface area contributed by atoms with Crippen molar-refractivity contribution < 1.29 is 5.11 Å². The highest BCUT2D eigenvalue weighted by molar-refractivity contribution is 9.10. The summed E-state index contributed by atoms with van der Waals surface area (Å²) in [5, 5.41) is 10.8. The lowest BCUT2D eigenvalue weighted by Crippen LogP contribution is -1.98. The molecule has 2 rings (SSSR count). The topological polar surface area (TPSA) is 20.2 Å². The van der Waals surface area contributed by atoms with Crippen molar-refractivity contribution in [2.24, 2.45) is 0 Å². The molecule has 0 aliphatic heterocycles. The predicted molar refractivity (Wildman–Crippen MR) is 69.7 cm³/mol. The van der Waals surface area contributed by atoms with Crippen molar-refractivity contribution in [3.05, 3.63) is 69.2 Å². The van der Waals surface area contributed by atoms with Crippen LogP contribution < -0.4 is 0 Å². The van der Waals surface area contributed by atoms with Crippen LogP contribution in [0.25, 0.3) is 0 Å². The molecular weight excluding hydrogens is 287 g/mol. The highest BCUT2D eigenvalue weighted by atomic mass is 79.9. The molecule has 0 spiro atoms. The lowest BCUT2D eigenvalue weighted by Gasteiger charge is -2.11. The van der Waals surface area contributed by atoms with Crippen LogP contribution in [-0.4, -0.2) is 5.11 Å². The molecule has 0 fully saturated rings. The zero-order chi connectivity index (χ0) is 11.5. The van der Waals surface area contributed by atoms with Gasteiger partial charge in [-0.3, -0.25) is 0 Å². The van der Waals surface area contributed by atoms with E-state index in [2.05, 4.69) is 15.9 Å². The van der Waals surface area contributed by atoms with Gasteiger partial charge in [0.15, 0.2) is 0 Å². The maximum Gasteiger partial charge on any atom is 0.104 e. The second-order valence-electron chi connectivity index (χ2n) is 3.51. The molecule has 1 N–H and O–H groups in total. The highest BCUT2D eigenvalue weighted by Crippen LogP contribution is 2.24. The molecule has 1 unspecified atom stereocenters. The van der Waals surface area contributed by atoms with Gasteiger partial charge in [0, 0.05) is 9.50 Å². The monoisotopic (exact) mass is 296 g/mol. The molecule has 0 heterocycles. The molecule has 0 radical (unpaired) electrons. The molecule has 2 aromatic carbocycles. The Morgan fingerprint density at radius 1 is 0.875 bits per heavy atom. The highest BCUT2D eigenvalue weighted by Gasteiger charge is 2.09. The summed E-state index contributed by atoms with van der Waals surface area (Å²) in [6.45, 7) is 0. The predicted octanol–water partition coefficient (Wildman–Crippen LogP) is 4.18. The molecule has 0 aliphatic carbocycles. The molecular formula is C13H10BrClO. The second-order valence-corrected chi connectivity index (χ2v) is 4.86. The van der Waals surface area contributed by atoms with E-state index in [1.165, 1.54) is 0 Å². The van der Waals surface area contributed by atoms with Gasteiger partial charge in [-0.25, -0.2) is 0 Å². The summed E-state index contributed by atoms with van der Waals surface area (Å²) >= 11 is 9.16. The smallest absolute Gasteiger partial charge is 0.104 e. The fraction of sp³-hybridized carbons (Fsp3) is 0.0769. The van der Waals surface area contributed by atoms with E-state index in [0.29, 0.717) is 5.02 Å². The number of benzene rings is 2. The lowest BCUT2D eigenvalue weighted by molar-refractivity contribution is 0.220. The molecule has 16 heavy (non-hydrogen) atoms. The summed E-state index contributed by atoms with van der Waals surface area (Å²) in [5.41, 5.74) is 1.71. The molecule has 0 aliphatic rings. The zero-order valence-corrected chi connectivity index (χ0v) is 10.7. The normalized spacial score (nSPS) is 12.4. The number of hydrogen-bond donors (Lipinski definition) is 1. The first-order chi connectivity index (χ1) is 7.66. The molecule has 2 aromatic rings. The lowest BCUT2D eigenvalue weighted by atomic mass is 10.0. The van der Waals surface area contributed by atoms with Gasteiger partial charge in [-0.1, -0.05) is 51.8 Å². The third-order valence-electron chi connectivity index (χ3n) is 2.37. The first kappa shape index (κ1) is 11.6. The molecule has 1 atom stereocenters. The van der Waals surface area contributed by atoms with E-state index in [1.807, 2.05) is 36.4 Å². The molecule has 0 saturated carbocycles. The van der Waals surface area contributed by atoms with Crippen molar-refractivity contribution in [2.75, 3.05) is 0 Å². The standard InChI is InChI=1S/C13H10BrClO/c14-11-5-1-9(2-6-11)13(16)10-3-7-12(15)8-4-10/h1-8,13,16H. The minimum absolute atomic E-state index is 0.606. The average Bonchev–Trinajstić information content (AvgIpc) is 2.30. The van der Waals surface area contributed by atoms with E-state index in [4.69, 9.17) is 11.6 Å². The Kier molecular flexibility index (Phi) is 3.64.